The predicted octanol–water partition coefficient (Wildman–Crippen LogP) is 2.11. The Labute approximate surface area is 133 Å². The number of amides is 1. The van der Waals surface area contributed by atoms with E-state index in [0.717, 1.165) is 13.1 Å². The van der Waals surface area contributed by atoms with Gasteiger partial charge in [-0.15, -0.1) is 0 Å². The van der Waals surface area contributed by atoms with Crippen molar-refractivity contribution in [3.63, 3.8) is 0 Å². The summed E-state index contributed by atoms with van der Waals surface area (Å²) in [5, 5.41) is 12.4. The van der Waals surface area contributed by atoms with Crippen LogP contribution in [0, 0.1) is 17.3 Å². The molecule has 0 aromatic carbocycles. The molecule has 2 atom stereocenters. The van der Waals surface area contributed by atoms with Crippen molar-refractivity contribution in [3.05, 3.63) is 0 Å². The van der Waals surface area contributed by atoms with Crippen molar-refractivity contribution in [2.45, 2.75) is 58.9 Å². The van der Waals surface area contributed by atoms with Gasteiger partial charge in [0.2, 0.25) is 5.91 Å². The first kappa shape index (κ1) is 17.3. The number of carboxylic acids is 1. The van der Waals surface area contributed by atoms with Gasteiger partial charge in [0, 0.05) is 31.1 Å². The van der Waals surface area contributed by atoms with Gasteiger partial charge in [-0.25, -0.2) is 0 Å². The number of carbonyl (C=O) groups is 2. The highest BCUT2D eigenvalue weighted by Crippen LogP contribution is 2.28. The molecule has 0 spiro atoms. The predicted molar refractivity (Wildman–Crippen MR) is 85.5 cm³/mol. The second kappa shape index (κ2) is 6.99. The lowest BCUT2D eigenvalue weighted by atomic mass is 9.90. The number of nitrogens with zero attached hydrogens (tertiary/aromatic N) is 1. The van der Waals surface area contributed by atoms with Gasteiger partial charge in [-0.2, -0.15) is 0 Å². The van der Waals surface area contributed by atoms with Gasteiger partial charge < -0.3 is 15.3 Å². The molecule has 1 amide bonds. The summed E-state index contributed by atoms with van der Waals surface area (Å²) >= 11 is 0. The summed E-state index contributed by atoms with van der Waals surface area (Å²) in [5.41, 5.74) is -0.438. The smallest absolute Gasteiger partial charge is 0.307 e. The fourth-order valence-electron chi connectivity index (χ4n) is 3.58. The Morgan fingerprint density at radius 2 is 1.82 bits per heavy atom. The highest BCUT2D eigenvalue weighted by Gasteiger charge is 2.35. The summed E-state index contributed by atoms with van der Waals surface area (Å²) in [7, 11) is 0. The Morgan fingerprint density at radius 1 is 1.18 bits per heavy atom. The number of likely N-dealkylation sites (tertiary alicyclic amines) is 1. The normalized spacial score (nSPS) is 27.8. The molecule has 0 radical (unpaired) electrons. The third-order valence-electron chi connectivity index (χ3n) is 4.88. The van der Waals surface area contributed by atoms with Crippen LogP contribution in [0.4, 0.5) is 0 Å². The van der Waals surface area contributed by atoms with Gasteiger partial charge in [-0.1, -0.05) is 33.6 Å². The van der Waals surface area contributed by atoms with Crippen LogP contribution in [0.2, 0.25) is 0 Å². The molecule has 1 aliphatic heterocycles. The zero-order chi connectivity index (χ0) is 16.3. The topological polar surface area (TPSA) is 69.6 Å². The first-order chi connectivity index (χ1) is 10.3. The van der Waals surface area contributed by atoms with E-state index < -0.39 is 11.4 Å². The molecule has 0 bridgehead atoms. The quantitative estimate of drug-likeness (QED) is 0.834. The van der Waals surface area contributed by atoms with E-state index in [4.69, 9.17) is 0 Å². The lowest BCUT2D eigenvalue weighted by Gasteiger charge is -2.38. The van der Waals surface area contributed by atoms with Crippen LogP contribution < -0.4 is 5.32 Å². The van der Waals surface area contributed by atoms with E-state index in [9.17, 15) is 14.7 Å². The molecular weight excluding hydrogens is 280 g/mol. The van der Waals surface area contributed by atoms with Crippen LogP contribution in [0.1, 0.15) is 52.9 Å². The van der Waals surface area contributed by atoms with E-state index in [-0.39, 0.29) is 17.9 Å². The largest absolute Gasteiger partial charge is 0.481 e. The lowest BCUT2D eigenvalue weighted by Crippen LogP contribution is -2.54. The minimum Gasteiger partial charge on any atom is -0.481 e. The average Bonchev–Trinajstić information content (AvgIpc) is 2.90. The Hall–Kier alpha value is -1.10. The molecule has 126 valence electrons. The van der Waals surface area contributed by atoms with Crippen LogP contribution in [-0.2, 0) is 9.59 Å². The van der Waals surface area contributed by atoms with E-state index in [2.05, 4.69) is 10.2 Å². The van der Waals surface area contributed by atoms with E-state index >= 15 is 0 Å². The molecule has 0 aromatic heterocycles. The number of carboxylic acid groups (broad SMARTS) is 1. The summed E-state index contributed by atoms with van der Waals surface area (Å²) in [6.07, 6.45) is 5.65. The van der Waals surface area contributed by atoms with E-state index in [1.54, 1.807) is 0 Å². The van der Waals surface area contributed by atoms with Crippen molar-refractivity contribution < 1.29 is 14.7 Å². The number of hydrogen-bond donors (Lipinski definition) is 2. The molecule has 5 nitrogen and oxygen atoms in total. The minimum absolute atomic E-state index is 0.00403. The number of nitrogens with one attached hydrogen (secondary N) is 1. The molecule has 1 saturated heterocycles. The number of carbonyl (C=O) groups excluding carboxylic acids is 1. The van der Waals surface area contributed by atoms with E-state index in [0.29, 0.717) is 18.9 Å². The Morgan fingerprint density at radius 3 is 2.36 bits per heavy atom. The molecular formula is C17H30N2O3. The van der Waals surface area contributed by atoms with Crippen LogP contribution in [0.3, 0.4) is 0 Å². The Bertz CT molecular complexity index is 411. The molecule has 2 rings (SSSR count). The van der Waals surface area contributed by atoms with E-state index in [1.807, 2.05) is 20.8 Å². The Balaban J connectivity index is 1.96. The van der Waals surface area contributed by atoms with Crippen LogP contribution in [0.25, 0.3) is 0 Å². The van der Waals surface area contributed by atoms with Crippen molar-refractivity contribution in [3.8, 4) is 0 Å². The minimum atomic E-state index is -0.744. The maximum Gasteiger partial charge on any atom is 0.307 e. The van der Waals surface area contributed by atoms with Crippen LogP contribution in [0.15, 0.2) is 0 Å². The third-order valence-corrected chi connectivity index (χ3v) is 4.88. The number of hydrogen-bond acceptors (Lipinski definition) is 3. The van der Waals surface area contributed by atoms with Gasteiger partial charge in [-0.3, -0.25) is 9.59 Å². The number of aliphatic carboxylic acids is 1. The van der Waals surface area contributed by atoms with Crippen molar-refractivity contribution >= 4 is 11.9 Å². The van der Waals surface area contributed by atoms with Gasteiger partial charge in [0.05, 0.1) is 5.92 Å². The first-order valence-corrected chi connectivity index (χ1v) is 8.52. The van der Waals surface area contributed by atoms with Gasteiger partial charge in [0.25, 0.3) is 0 Å². The van der Waals surface area contributed by atoms with Crippen molar-refractivity contribution in [1.82, 2.24) is 10.2 Å². The standard InChI is InChI=1S/C17H30N2O3/c1-17(2,3)16(22)18-14-8-13(15(20)21)10-19(11-14)9-12-6-4-5-7-12/h12-14H,4-11H2,1-3H3,(H,18,22)(H,20,21). The third kappa shape index (κ3) is 4.70. The highest BCUT2D eigenvalue weighted by atomic mass is 16.4. The molecule has 2 aliphatic rings. The van der Waals surface area contributed by atoms with Crippen molar-refractivity contribution in [2.75, 3.05) is 19.6 Å². The van der Waals surface area contributed by atoms with Gasteiger partial charge in [-0.05, 0) is 25.2 Å². The summed E-state index contributed by atoms with van der Waals surface area (Å²) in [6, 6.07) is -0.0528. The molecule has 1 saturated carbocycles. The molecule has 2 fully saturated rings. The second-order valence-electron chi connectivity index (χ2n) is 8.06. The second-order valence-corrected chi connectivity index (χ2v) is 8.06. The van der Waals surface area contributed by atoms with Crippen molar-refractivity contribution in [2.24, 2.45) is 17.3 Å². The van der Waals surface area contributed by atoms with Gasteiger partial charge in [0.1, 0.15) is 0 Å². The summed E-state index contributed by atoms with van der Waals surface area (Å²) in [5.74, 6) is -0.414. The van der Waals surface area contributed by atoms with Crippen LogP contribution in [-0.4, -0.2) is 47.6 Å². The first-order valence-electron chi connectivity index (χ1n) is 8.52. The SMILES string of the molecule is CC(C)(C)C(=O)NC1CC(C(=O)O)CN(CC2CCCC2)C1. The number of piperidine rings is 1. The van der Waals surface area contributed by atoms with Crippen LogP contribution in [0.5, 0.6) is 0 Å². The molecule has 1 heterocycles. The zero-order valence-electron chi connectivity index (χ0n) is 14.1. The van der Waals surface area contributed by atoms with Crippen LogP contribution >= 0.6 is 0 Å². The fraction of sp³-hybridized carbons (Fsp3) is 0.882. The van der Waals surface area contributed by atoms with Gasteiger partial charge in [0.15, 0.2) is 0 Å². The molecule has 2 N–H and O–H groups in total. The van der Waals surface area contributed by atoms with E-state index in [1.165, 1.54) is 25.7 Å². The average molecular weight is 310 g/mol. The maximum absolute atomic E-state index is 12.2. The molecule has 0 aromatic rings. The molecule has 5 heteroatoms. The fourth-order valence-corrected chi connectivity index (χ4v) is 3.58. The van der Waals surface area contributed by atoms with Crippen molar-refractivity contribution in [1.29, 1.82) is 0 Å². The molecule has 1 aliphatic carbocycles. The summed E-state index contributed by atoms with van der Waals surface area (Å²) in [4.78, 5) is 25.9. The highest BCUT2D eigenvalue weighted by molar-refractivity contribution is 5.81. The summed E-state index contributed by atoms with van der Waals surface area (Å²) < 4.78 is 0. The maximum atomic E-state index is 12.2. The molecule has 22 heavy (non-hydrogen) atoms. The monoisotopic (exact) mass is 310 g/mol. The zero-order valence-corrected chi connectivity index (χ0v) is 14.1. The number of rotatable bonds is 4. The van der Waals surface area contributed by atoms with Gasteiger partial charge >= 0.3 is 5.97 Å². The summed E-state index contributed by atoms with van der Waals surface area (Å²) in [6.45, 7) is 8.03. The Kier molecular flexibility index (Phi) is 5.48. The molecule has 2 unspecified atom stereocenters. The lowest BCUT2D eigenvalue weighted by molar-refractivity contribution is -0.145.